The van der Waals surface area contributed by atoms with E-state index in [2.05, 4.69) is 5.32 Å². The molecule has 5 heteroatoms. The van der Waals surface area contributed by atoms with Gasteiger partial charge in [-0.15, -0.1) is 0 Å². The summed E-state index contributed by atoms with van der Waals surface area (Å²) in [5, 5.41) is 12.4. The van der Waals surface area contributed by atoms with Crippen molar-refractivity contribution in [3.63, 3.8) is 0 Å². The highest BCUT2D eigenvalue weighted by molar-refractivity contribution is 6.06. The van der Waals surface area contributed by atoms with Crippen LogP contribution in [0, 0.1) is 6.92 Å². The highest BCUT2D eigenvalue weighted by Gasteiger charge is 2.24. The van der Waals surface area contributed by atoms with Crippen LogP contribution in [0.15, 0.2) is 72.8 Å². The first-order valence-electron chi connectivity index (χ1n) is 10.6. The minimum absolute atomic E-state index is 0.0435. The zero-order valence-electron chi connectivity index (χ0n) is 17.5. The Morgan fingerprint density at radius 2 is 1.65 bits per heavy atom. The molecule has 31 heavy (non-hydrogen) atoms. The smallest absolute Gasteiger partial charge is 0.258 e. The number of hydrogen-bond acceptors (Lipinski definition) is 3. The first-order chi connectivity index (χ1) is 15.1. The number of para-hydroxylation sites is 1. The topological polar surface area (TPSA) is 69.6 Å². The van der Waals surface area contributed by atoms with Crippen LogP contribution in [0.3, 0.4) is 0 Å². The fourth-order valence-corrected chi connectivity index (χ4v) is 3.57. The van der Waals surface area contributed by atoms with Gasteiger partial charge in [0.25, 0.3) is 11.8 Å². The molecule has 2 amide bonds. The zero-order valence-corrected chi connectivity index (χ0v) is 17.5. The lowest BCUT2D eigenvalue weighted by atomic mass is 9.96. The summed E-state index contributed by atoms with van der Waals surface area (Å²) in [6.07, 6.45) is 2.10. The van der Waals surface area contributed by atoms with Gasteiger partial charge in [0.1, 0.15) is 0 Å². The number of benzene rings is 3. The van der Waals surface area contributed by atoms with Crippen LogP contribution in [-0.2, 0) is 0 Å². The summed E-state index contributed by atoms with van der Waals surface area (Å²) >= 11 is 0. The lowest BCUT2D eigenvalue weighted by molar-refractivity contribution is 0.0949. The van der Waals surface area contributed by atoms with E-state index < -0.39 is 0 Å². The van der Waals surface area contributed by atoms with Crippen molar-refractivity contribution in [3.05, 3.63) is 89.5 Å². The summed E-state index contributed by atoms with van der Waals surface area (Å²) in [6, 6.07) is 22.7. The molecule has 0 heterocycles. The summed E-state index contributed by atoms with van der Waals surface area (Å²) < 4.78 is 0. The molecule has 0 atom stereocenters. The van der Waals surface area contributed by atoms with E-state index in [0.717, 1.165) is 35.2 Å². The first-order valence-corrected chi connectivity index (χ1v) is 10.6. The predicted octanol–water partition coefficient (Wildman–Crippen LogP) is 4.19. The lowest BCUT2D eigenvalue weighted by Gasteiger charge is -2.22. The summed E-state index contributed by atoms with van der Waals surface area (Å²) in [6.45, 7) is 2.12. The van der Waals surface area contributed by atoms with E-state index in [-0.39, 0.29) is 25.0 Å². The van der Waals surface area contributed by atoms with Gasteiger partial charge >= 0.3 is 0 Å². The van der Waals surface area contributed by atoms with Crippen LogP contribution < -0.4 is 10.2 Å². The normalized spacial score (nSPS) is 13.0. The molecular formula is C26H26N2O3. The highest BCUT2D eigenvalue weighted by Crippen LogP contribution is 2.27. The summed E-state index contributed by atoms with van der Waals surface area (Å²) in [5.74, 6) is -0.209. The van der Waals surface area contributed by atoms with Crippen molar-refractivity contribution < 1.29 is 14.7 Å². The molecule has 1 aliphatic carbocycles. The minimum Gasteiger partial charge on any atom is -0.395 e. The average molecular weight is 415 g/mol. The SMILES string of the molecule is Cc1ccc(C(=O)NC2CC2)cc1-c1ccc(C(=O)N(CCO)c2ccccc2)cc1. The van der Waals surface area contributed by atoms with E-state index in [1.807, 2.05) is 67.6 Å². The molecule has 0 bridgehead atoms. The van der Waals surface area contributed by atoms with Crippen molar-refractivity contribution in [2.45, 2.75) is 25.8 Å². The largest absolute Gasteiger partial charge is 0.395 e. The van der Waals surface area contributed by atoms with Crippen molar-refractivity contribution in [1.29, 1.82) is 0 Å². The first kappa shape index (κ1) is 20.8. The van der Waals surface area contributed by atoms with Crippen LogP contribution in [-0.4, -0.2) is 36.1 Å². The van der Waals surface area contributed by atoms with Gasteiger partial charge in [0, 0.05) is 29.4 Å². The van der Waals surface area contributed by atoms with Gasteiger partial charge in [0.2, 0.25) is 0 Å². The van der Waals surface area contributed by atoms with E-state index in [1.54, 1.807) is 17.0 Å². The van der Waals surface area contributed by atoms with Crippen molar-refractivity contribution >= 4 is 17.5 Å². The van der Waals surface area contributed by atoms with Crippen LogP contribution in [0.25, 0.3) is 11.1 Å². The second-order valence-corrected chi connectivity index (χ2v) is 7.87. The predicted molar refractivity (Wildman–Crippen MR) is 122 cm³/mol. The zero-order chi connectivity index (χ0) is 21.8. The number of aliphatic hydroxyl groups is 1. The average Bonchev–Trinajstić information content (AvgIpc) is 3.62. The van der Waals surface area contributed by atoms with Gasteiger partial charge < -0.3 is 15.3 Å². The quantitative estimate of drug-likeness (QED) is 0.609. The third-order valence-corrected chi connectivity index (χ3v) is 5.49. The fourth-order valence-electron chi connectivity index (χ4n) is 3.57. The third-order valence-electron chi connectivity index (χ3n) is 5.49. The molecule has 3 aromatic carbocycles. The molecule has 1 aliphatic rings. The number of amides is 2. The van der Waals surface area contributed by atoms with Crippen molar-refractivity contribution in [2.24, 2.45) is 0 Å². The monoisotopic (exact) mass is 414 g/mol. The summed E-state index contributed by atoms with van der Waals surface area (Å²) in [5.41, 5.74) is 4.91. The van der Waals surface area contributed by atoms with Crippen LogP contribution in [0.2, 0.25) is 0 Å². The molecule has 0 radical (unpaired) electrons. The van der Waals surface area contributed by atoms with Crippen molar-refractivity contribution in [1.82, 2.24) is 5.32 Å². The second kappa shape index (κ2) is 9.14. The minimum atomic E-state index is -0.166. The van der Waals surface area contributed by atoms with Gasteiger partial charge in [-0.05, 0) is 72.9 Å². The molecule has 5 nitrogen and oxygen atoms in total. The Morgan fingerprint density at radius 3 is 2.29 bits per heavy atom. The molecule has 0 spiro atoms. The van der Waals surface area contributed by atoms with Gasteiger partial charge in [-0.3, -0.25) is 9.59 Å². The maximum atomic E-state index is 13.1. The van der Waals surface area contributed by atoms with E-state index in [1.165, 1.54) is 0 Å². The molecule has 1 fully saturated rings. The molecule has 4 rings (SSSR count). The van der Waals surface area contributed by atoms with Crippen molar-refractivity contribution in [2.75, 3.05) is 18.1 Å². The number of rotatable bonds is 7. The Labute approximate surface area is 182 Å². The van der Waals surface area contributed by atoms with Gasteiger partial charge in [-0.25, -0.2) is 0 Å². The Morgan fingerprint density at radius 1 is 0.968 bits per heavy atom. The Bertz CT molecular complexity index is 1070. The van der Waals surface area contributed by atoms with E-state index >= 15 is 0 Å². The maximum absolute atomic E-state index is 13.1. The van der Waals surface area contributed by atoms with Crippen LogP contribution in [0.5, 0.6) is 0 Å². The number of hydrogen-bond donors (Lipinski definition) is 2. The Hall–Kier alpha value is -3.44. The van der Waals surface area contributed by atoms with Gasteiger partial charge in [0.15, 0.2) is 0 Å². The van der Waals surface area contributed by atoms with E-state index in [9.17, 15) is 14.7 Å². The maximum Gasteiger partial charge on any atom is 0.258 e. The highest BCUT2D eigenvalue weighted by atomic mass is 16.3. The Kier molecular flexibility index (Phi) is 6.14. The van der Waals surface area contributed by atoms with Gasteiger partial charge in [-0.2, -0.15) is 0 Å². The second-order valence-electron chi connectivity index (χ2n) is 7.87. The molecule has 0 aliphatic heterocycles. The molecule has 0 aromatic heterocycles. The van der Waals surface area contributed by atoms with E-state index in [0.29, 0.717) is 17.2 Å². The van der Waals surface area contributed by atoms with Gasteiger partial charge in [0.05, 0.1) is 6.61 Å². The van der Waals surface area contributed by atoms with Crippen LogP contribution in [0.1, 0.15) is 39.1 Å². The number of nitrogens with zero attached hydrogens (tertiary/aromatic N) is 1. The molecule has 1 saturated carbocycles. The van der Waals surface area contributed by atoms with Crippen LogP contribution in [0.4, 0.5) is 5.69 Å². The number of carbonyl (C=O) groups is 2. The molecule has 2 N–H and O–H groups in total. The standard InChI is InChI=1S/C26H26N2O3/c1-18-7-8-21(25(30)27-22-13-14-22)17-24(18)19-9-11-20(12-10-19)26(31)28(15-16-29)23-5-3-2-4-6-23/h2-12,17,22,29H,13-16H2,1H3,(H,27,30). The molecule has 0 saturated heterocycles. The number of nitrogens with one attached hydrogen (secondary N) is 1. The third kappa shape index (κ3) is 4.84. The van der Waals surface area contributed by atoms with Crippen molar-refractivity contribution in [3.8, 4) is 11.1 Å². The molecular weight excluding hydrogens is 388 g/mol. The number of carbonyl (C=O) groups excluding carboxylic acids is 2. The number of aryl methyl sites for hydroxylation is 1. The van der Waals surface area contributed by atoms with Gasteiger partial charge in [-0.1, -0.05) is 36.4 Å². The molecule has 3 aromatic rings. The molecule has 158 valence electrons. The van der Waals surface area contributed by atoms with Crippen LogP contribution >= 0.6 is 0 Å². The lowest BCUT2D eigenvalue weighted by Crippen LogP contribution is -2.33. The van der Waals surface area contributed by atoms with E-state index in [4.69, 9.17) is 0 Å². The fraction of sp³-hybridized carbons (Fsp3) is 0.231. The number of aliphatic hydroxyl groups excluding tert-OH is 1. The summed E-state index contributed by atoms with van der Waals surface area (Å²) in [7, 11) is 0. The Balaban J connectivity index is 1.57. The molecule has 0 unspecified atom stereocenters. The number of anilines is 1. The summed E-state index contributed by atoms with van der Waals surface area (Å²) in [4.78, 5) is 27.1.